The van der Waals surface area contributed by atoms with Crippen LogP contribution in [0.5, 0.6) is 0 Å². The first-order valence-electron chi connectivity index (χ1n) is 14.6. The van der Waals surface area contributed by atoms with Gasteiger partial charge in [-0.1, -0.05) is 45.4 Å². The van der Waals surface area contributed by atoms with Gasteiger partial charge in [0, 0.05) is 13.0 Å². The van der Waals surface area contributed by atoms with Crippen molar-refractivity contribution in [2.24, 2.45) is 0 Å². The summed E-state index contributed by atoms with van der Waals surface area (Å²) in [5.74, 6) is -0.136. The Balaban J connectivity index is 3.10. The molecule has 0 aromatic carbocycles. The number of hydrogen-bond acceptors (Lipinski definition) is 10. The monoisotopic (exact) mass is 552 g/mol. The lowest BCUT2D eigenvalue weighted by atomic mass is 10.1. The molecule has 10 heteroatoms. The van der Waals surface area contributed by atoms with Gasteiger partial charge in [-0.25, -0.2) is 0 Å². The van der Waals surface area contributed by atoms with Crippen LogP contribution in [0.1, 0.15) is 65.2 Å². The molecule has 228 valence electrons. The number of ether oxygens (including phenoxy) is 9. The van der Waals surface area contributed by atoms with E-state index in [4.69, 9.17) is 42.6 Å². The highest BCUT2D eigenvalue weighted by atomic mass is 16.6. The summed E-state index contributed by atoms with van der Waals surface area (Å²) >= 11 is 0. The van der Waals surface area contributed by atoms with E-state index in [1.807, 2.05) is 6.92 Å². The Labute approximate surface area is 231 Å². The maximum absolute atomic E-state index is 11.7. The number of rotatable bonds is 33. The van der Waals surface area contributed by atoms with E-state index < -0.39 is 0 Å². The number of hydrogen-bond donors (Lipinski definition) is 0. The summed E-state index contributed by atoms with van der Waals surface area (Å²) in [6.45, 7) is 13.0. The zero-order chi connectivity index (χ0) is 27.6. The van der Waals surface area contributed by atoms with Gasteiger partial charge in [0.2, 0.25) is 0 Å². The molecule has 0 heterocycles. The highest BCUT2D eigenvalue weighted by Crippen LogP contribution is 2.08. The molecule has 0 saturated heterocycles. The number of carbonyl (C=O) groups excluding carboxylic acids is 1. The van der Waals surface area contributed by atoms with Crippen molar-refractivity contribution in [1.82, 2.24) is 0 Å². The van der Waals surface area contributed by atoms with Crippen molar-refractivity contribution in [3.63, 3.8) is 0 Å². The van der Waals surface area contributed by atoms with Crippen molar-refractivity contribution < 1.29 is 47.4 Å². The maximum Gasteiger partial charge on any atom is 0.305 e. The third kappa shape index (κ3) is 33.2. The summed E-state index contributed by atoms with van der Waals surface area (Å²) in [6, 6.07) is 0. The summed E-state index contributed by atoms with van der Waals surface area (Å²) < 4.78 is 48.3. The molecular weight excluding hydrogens is 496 g/mol. The van der Waals surface area contributed by atoms with Crippen molar-refractivity contribution >= 4 is 5.97 Å². The molecule has 0 bridgehead atoms. The number of esters is 1. The minimum atomic E-state index is -0.136. The fraction of sp³-hybridized carbons (Fsp3) is 0.964. The highest BCUT2D eigenvalue weighted by Gasteiger charge is 2.02. The lowest BCUT2D eigenvalue weighted by Crippen LogP contribution is -2.15. The molecule has 0 aromatic rings. The molecule has 0 unspecified atom stereocenters. The van der Waals surface area contributed by atoms with Gasteiger partial charge in [-0.05, 0) is 13.3 Å². The van der Waals surface area contributed by atoms with Gasteiger partial charge in [0.25, 0.3) is 0 Å². The van der Waals surface area contributed by atoms with E-state index in [0.29, 0.717) is 119 Å². The molecule has 0 saturated carbocycles. The van der Waals surface area contributed by atoms with Crippen molar-refractivity contribution in [2.45, 2.75) is 65.2 Å². The molecule has 0 aliphatic heterocycles. The van der Waals surface area contributed by atoms with E-state index in [0.717, 1.165) is 12.8 Å². The quantitative estimate of drug-likeness (QED) is 0.0882. The van der Waals surface area contributed by atoms with Gasteiger partial charge in [0.15, 0.2) is 0 Å². The van der Waals surface area contributed by atoms with Crippen molar-refractivity contribution in [3.05, 3.63) is 0 Å². The zero-order valence-corrected chi connectivity index (χ0v) is 24.3. The van der Waals surface area contributed by atoms with E-state index in [9.17, 15) is 4.79 Å². The third-order valence-corrected chi connectivity index (χ3v) is 5.28. The zero-order valence-electron chi connectivity index (χ0n) is 24.3. The summed E-state index contributed by atoms with van der Waals surface area (Å²) in [4.78, 5) is 11.7. The first-order chi connectivity index (χ1) is 18.8. The second-order valence-electron chi connectivity index (χ2n) is 8.58. The van der Waals surface area contributed by atoms with E-state index in [1.165, 1.54) is 32.1 Å². The molecule has 0 N–H and O–H groups in total. The van der Waals surface area contributed by atoms with Crippen LogP contribution >= 0.6 is 0 Å². The Kier molecular flexibility index (Phi) is 33.4. The topological polar surface area (TPSA) is 100 Å². The van der Waals surface area contributed by atoms with Gasteiger partial charge in [0.1, 0.15) is 6.61 Å². The van der Waals surface area contributed by atoms with E-state index >= 15 is 0 Å². The molecule has 0 amide bonds. The average molecular weight is 553 g/mol. The predicted molar refractivity (Wildman–Crippen MR) is 146 cm³/mol. The Morgan fingerprint density at radius 1 is 0.395 bits per heavy atom. The summed E-state index contributed by atoms with van der Waals surface area (Å²) in [6.07, 6.45) is 8.84. The molecule has 0 rings (SSSR count). The summed E-state index contributed by atoms with van der Waals surface area (Å²) in [5.41, 5.74) is 0. The van der Waals surface area contributed by atoms with Crippen LogP contribution in [-0.2, 0) is 47.4 Å². The maximum atomic E-state index is 11.7. The Hall–Kier alpha value is -0.850. The average Bonchev–Trinajstić information content (AvgIpc) is 2.92. The van der Waals surface area contributed by atoms with Crippen molar-refractivity contribution in [2.75, 3.05) is 112 Å². The standard InChI is InChI=1S/C28H56O10/c1-3-5-6-7-8-9-10-11-28(29)38-27-26-37-25-24-36-23-22-35-21-20-34-19-18-33-17-16-32-15-14-31-13-12-30-4-2/h3-27H2,1-2H3. The second kappa shape index (κ2) is 34.2. The second-order valence-corrected chi connectivity index (χ2v) is 8.58. The molecule has 38 heavy (non-hydrogen) atoms. The molecule has 0 spiro atoms. The SMILES string of the molecule is CCCCCCCCCC(=O)OCCOCCOCCOCCOCCOCCOCCOCCOCC. The molecule has 0 atom stereocenters. The van der Waals surface area contributed by atoms with Gasteiger partial charge in [-0.3, -0.25) is 4.79 Å². The third-order valence-electron chi connectivity index (χ3n) is 5.28. The van der Waals surface area contributed by atoms with E-state index in [2.05, 4.69) is 6.92 Å². The van der Waals surface area contributed by atoms with Crippen molar-refractivity contribution in [3.8, 4) is 0 Å². The Bertz CT molecular complexity index is 453. The van der Waals surface area contributed by atoms with Gasteiger partial charge in [0.05, 0.1) is 99.1 Å². The Morgan fingerprint density at radius 3 is 1.08 bits per heavy atom. The van der Waals surface area contributed by atoms with Crippen LogP contribution < -0.4 is 0 Å². The van der Waals surface area contributed by atoms with Gasteiger partial charge in [-0.15, -0.1) is 0 Å². The first kappa shape index (κ1) is 37.1. The lowest BCUT2D eigenvalue weighted by molar-refractivity contribution is -0.145. The van der Waals surface area contributed by atoms with Crippen LogP contribution in [0.3, 0.4) is 0 Å². The predicted octanol–water partition coefficient (Wildman–Crippen LogP) is 3.82. The van der Waals surface area contributed by atoms with Gasteiger partial charge in [-0.2, -0.15) is 0 Å². The van der Waals surface area contributed by atoms with Gasteiger partial charge >= 0.3 is 5.97 Å². The molecular formula is C28H56O10. The summed E-state index contributed by atoms with van der Waals surface area (Å²) in [5, 5.41) is 0. The lowest BCUT2D eigenvalue weighted by Gasteiger charge is -2.09. The molecule has 0 aromatic heterocycles. The van der Waals surface area contributed by atoms with E-state index in [1.54, 1.807) is 0 Å². The number of unbranched alkanes of at least 4 members (excludes halogenated alkanes) is 6. The smallest absolute Gasteiger partial charge is 0.305 e. The van der Waals surface area contributed by atoms with Crippen molar-refractivity contribution in [1.29, 1.82) is 0 Å². The van der Waals surface area contributed by atoms with Crippen LogP contribution in [0.25, 0.3) is 0 Å². The van der Waals surface area contributed by atoms with Crippen LogP contribution in [0.4, 0.5) is 0 Å². The Morgan fingerprint density at radius 2 is 0.711 bits per heavy atom. The first-order valence-corrected chi connectivity index (χ1v) is 14.6. The minimum Gasteiger partial charge on any atom is -0.463 e. The fourth-order valence-corrected chi connectivity index (χ4v) is 3.20. The highest BCUT2D eigenvalue weighted by molar-refractivity contribution is 5.69. The van der Waals surface area contributed by atoms with Gasteiger partial charge < -0.3 is 42.6 Å². The molecule has 0 radical (unpaired) electrons. The van der Waals surface area contributed by atoms with E-state index in [-0.39, 0.29) is 5.97 Å². The van der Waals surface area contributed by atoms with Crippen LogP contribution in [-0.4, -0.2) is 118 Å². The number of carbonyl (C=O) groups is 1. The van der Waals surface area contributed by atoms with Crippen LogP contribution in [0.2, 0.25) is 0 Å². The van der Waals surface area contributed by atoms with Crippen LogP contribution in [0, 0.1) is 0 Å². The van der Waals surface area contributed by atoms with Crippen LogP contribution in [0.15, 0.2) is 0 Å². The molecule has 0 aliphatic rings. The fourth-order valence-electron chi connectivity index (χ4n) is 3.20. The molecule has 10 nitrogen and oxygen atoms in total. The minimum absolute atomic E-state index is 0.136. The molecule has 0 fully saturated rings. The molecule has 0 aliphatic carbocycles. The summed E-state index contributed by atoms with van der Waals surface area (Å²) in [7, 11) is 0. The largest absolute Gasteiger partial charge is 0.463 e. The normalized spacial score (nSPS) is 11.3.